The molecule has 2 rings (SSSR count). The maximum absolute atomic E-state index is 12.5. The van der Waals surface area contributed by atoms with Crippen molar-refractivity contribution in [2.75, 3.05) is 0 Å². The van der Waals surface area contributed by atoms with Crippen molar-refractivity contribution in [2.24, 2.45) is 0 Å². The number of hydrogen-bond acceptors (Lipinski definition) is 5. The number of benzene rings is 2. The van der Waals surface area contributed by atoms with Gasteiger partial charge in [0.2, 0.25) is 5.91 Å². The first-order valence-electron chi connectivity index (χ1n) is 9.09. The van der Waals surface area contributed by atoms with Crippen molar-refractivity contribution >= 4 is 18.0 Å². The molecule has 154 valence electrons. The molecule has 0 bridgehead atoms. The van der Waals surface area contributed by atoms with Gasteiger partial charge in [0.25, 0.3) is 0 Å². The van der Waals surface area contributed by atoms with Crippen LogP contribution in [0.3, 0.4) is 0 Å². The fourth-order valence-corrected chi connectivity index (χ4v) is 2.61. The minimum atomic E-state index is -1.36. The van der Waals surface area contributed by atoms with Crippen molar-refractivity contribution in [3.05, 3.63) is 71.8 Å². The summed E-state index contributed by atoms with van der Waals surface area (Å²) in [5, 5.41) is 23.9. The zero-order chi connectivity index (χ0) is 21.2. The molecule has 4 N–H and O–H groups in total. The lowest BCUT2D eigenvalue weighted by Crippen LogP contribution is -2.56. The zero-order valence-electron chi connectivity index (χ0n) is 15.9. The maximum Gasteiger partial charge on any atom is 0.408 e. The number of nitrogens with one attached hydrogen (secondary N) is 2. The van der Waals surface area contributed by atoms with Crippen LogP contribution in [0.15, 0.2) is 60.7 Å². The number of carbonyl (C=O) groups is 3. The van der Waals surface area contributed by atoms with Crippen molar-refractivity contribution in [1.29, 1.82) is 0 Å². The lowest BCUT2D eigenvalue weighted by atomic mass is 10.0. The topological polar surface area (TPSA) is 125 Å². The van der Waals surface area contributed by atoms with Crippen molar-refractivity contribution in [3.63, 3.8) is 0 Å². The van der Waals surface area contributed by atoms with Gasteiger partial charge >= 0.3 is 12.1 Å². The number of carbonyl (C=O) groups excluding carboxylic acids is 2. The van der Waals surface area contributed by atoms with Crippen LogP contribution in [0.5, 0.6) is 0 Å². The molecule has 0 fully saturated rings. The van der Waals surface area contributed by atoms with Crippen molar-refractivity contribution in [3.8, 4) is 0 Å². The van der Waals surface area contributed by atoms with Crippen LogP contribution in [0.25, 0.3) is 0 Å². The number of amides is 2. The summed E-state index contributed by atoms with van der Waals surface area (Å²) < 4.78 is 5.05. The largest absolute Gasteiger partial charge is 0.480 e. The van der Waals surface area contributed by atoms with Gasteiger partial charge in [0, 0.05) is 6.42 Å². The highest BCUT2D eigenvalue weighted by Crippen LogP contribution is 2.05. The molecule has 2 aromatic rings. The van der Waals surface area contributed by atoms with Gasteiger partial charge in [0.05, 0.1) is 6.10 Å². The maximum atomic E-state index is 12.5. The molecule has 8 heteroatoms. The van der Waals surface area contributed by atoms with Crippen molar-refractivity contribution in [1.82, 2.24) is 10.6 Å². The highest BCUT2D eigenvalue weighted by Gasteiger charge is 2.30. The number of carboxylic acids is 1. The normalized spacial score (nSPS) is 13.6. The van der Waals surface area contributed by atoms with Gasteiger partial charge in [-0.2, -0.15) is 0 Å². The molecular weight excluding hydrogens is 376 g/mol. The summed E-state index contributed by atoms with van der Waals surface area (Å²) in [6.07, 6.45) is -2.09. The minimum absolute atomic E-state index is 0.00736. The number of alkyl carbamates (subject to hydrolysis) is 1. The summed E-state index contributed by atoms with van der Waals surface area (Å²) in [6, 6.07) is 15.2. The highest BCUT2D eigenvalue weighted by atomic mass is 16.5. The molecule has 2 amide bonds. The van der Waals surface area contributed by atoms with Crippen LogP contribution in [0.1, 0.15) is 18.1 Å². The third-order valence-corrected chi connectivity index (χ3v) is 4.15. The summed E-state index contributed by atoms with van der Waals surface area (Å²) in [5.41, 5.74) is 1.48. The van der Waals surface area contributed by atoms with E-state index in [0.29, 0.717) is 0 Å². The number of aliphatic hydroxyl groups excluding tert-OH is 1. The first-order valence-corrected chi connectivity index (χ1v) is 9.09. The van der Waals surface area contributed by atoms with Crippen molar-refractivity contribution < 1.29 is 29.3 Å². The average molecular weight is 400 g/mol. The van der Waals surface area contributed by atoms with E-state index < -0.39 is 36.2 Å². The SMILES string of the molecule is C[C@H](O)[C@H](NC(=O)OCc1ccccc1)C(=O)N[C@H](Cc1ccccc1)C(=O)O. The number of hydrogen-bond donors (Lipinski definition) is 4. The second-order valence-corrected chi connectivity index (χ2v) is 6.51. The van der Waals surface area contributed by atoms with E-state index in [1.807, 2.05) is 6.07 Å². The van der Waals surface area contributed by atoms with E-state index in [1.54, 1.807) is 54.6 Å². The van der Waals surface area contributed by atoms with E-state index in [9.17, 15) is 24.6 Å². The smallest absolute Gasteiger partial charge is 0.408 e. The van der Waals surface area contributed by atoms with Crippen LogP contribution >= 0.6 is 0 Å². The number of ether oxygens (including phenoxy) is 1. The molecule has 2 aromatic carbocycles. The lowest BCUT2D eigenvalue weighted by molar-refractivity contribution is -0.142. The standard InChI is InChI=1S/C21H24N2O6/c1-14(24)18(23-21(28)29-13-16-10-6-3-7-11-16)19(25)22-17(20(26)27)12-15-8-4-2-5-9-15/h2-11,14,17-18,24H,12-13H2,1H3,(H,22,25)(H,23,28)(H,26,27)/t14-,17+,18-/m0/s1. The van der Waals surface area contributed by atoms with Gasteiger partial charge in [-0.3, -0.25) is 4.79 Å². The molecule has 0 radical (unpaired) electrons. The Morgan fingerprint density at radius 1 is 0.931 bits per heavy atom. The summed E-state index contributed by atoms with van der Waals surface area (Å²) in [5.74, 6) is -2.04. The quantitative estimate of drug-likeness (QED) is 0.505. The lowest BCUT2D eigenvalue weighted by Gasteiger charge is -2.23. The second kappa shape index (κ2) is 10.8. The van der Waals surface area contributed by atoms with Crippen LogP contribution in [0.2, 0.25) is 0 Å². The Hall–Kier alpha value is -3.39. The Morgan fingerprint density at radius 2 is 1.48 bits per heavy atom. The number of aliphatic hydroxyl groups is 1. The first-order chi connectivity index (χ1) is 13.9. The van der Waals surface area contributed by atoms with Gasteiger partial charge in [-0.15, -0.1) is 0 Å². The fraction of sp³-hybridized carbons (Fsp3) is 0.286. The number of aliphatic carboxylic acids is 1. The average Bonchev–Trinajstić information content (AvgIpc) is 2.71. The Labute approximate surface area is 168 Å². The van der Waals surface area contributed by atoms with Crippen LogP contribution in [0.4, 0.5) is 4.79 Å². The summed E-state index contributed by atoms with van der Waals surface area (Å²) in [7, 11) is 0. The molecular formula is C21H24N2O6. The van der Waals surface area contributed by atoms with Crippen molar-refractivity contribution in [2.45, 2.75) is 38.1 Å². The minimum Gasteiger partial charge on any atom is -0.480 e. The molecule has 0 spiro atoms. The number of rotatable bonds is 9. The van der Waals surface area contributed by atoms with Gasteiger partial charge in [-0.05, 0) is 18.1 Å². The molecule has 3 atom stereocenters. The van der Waals surface area contributed by atoms with Gasteiger partial charge in [-0.25, -0.2) is 9.59 Å². The molecule has 0 heterocycles. The predicted molar refractivity (Wildman–Crippen MR) is 105 cm³/mol. The van der Waals surface area contributed by atoms with Gasteiger partial charge in [-0.1, -0.05) is 60.7 Å². The molecule has 0 aliphatic heterocycles. The first kappa shape index (κ1) is 21.9. The van der Waals surface area contributed by atoms with Gasteiger partial charge in [0.15, 0.2) is 0 Å². The predicted octanol–water partition coefficient (Wildman–Crippen LogP) is 1.47. The van der Waals surface area contributed by atoms with E-state index in [4.69, 9.17) is 4.74 Å². The molecule has 0 aliphatic carbocycles. The van der Waals surface area contributed by atoms with E-state index in [2.05, 4.69) is 10.6 Å². The molecule has 0 aromatic heterocycles. The number of carboxylic acid groups (broad SMARTS) is 1. The van der Waals surface area contributed by atoms with E-state index in [0.717, 1.165) is 11.1 Å². The summed E-state index contributed by atoms with van der Waals surface area (Å²) >= 11 is 0. The molecule has 0 saturated carbocycles. The fourth-order valence-electron chi connectivity index (χ4n) is 2.61. The molecule has 29 heavy (non-hydrogen) atoms. The Bertz CT molecular complexity index is 810. The van der Waals surface area contributed by atoms with E-state index >= 15 is 0 Å². The Balaban J connectivity index is 1.96. The zero-order valence-corrected chi connectivity index (χ0v) is 15.9. The highest BCUT2D eigenvalue weighted by molar-refractivity contribution is 5.89. The van der Waals surface area contributed by atoms with Crippen LogP contribution in [0, 0.1) is 0 Å². The third kappa shape index (κ3) is 7.27. The Kier molecular flexibility index (Phi) is 8.17. The molecule has 8 nitrogen and oxygen atoms in total. The summed E-state index contributed by atoms with van der Waals surface area (Å²) in [6.45, 7) is 1.31. The van der Waals surface area contributed by atoms with E-state index in [1.165, 1.54) is 6.92 Å². The van der Waals surface area contributed by atoms with Crippen LogP contribution in [-0.2, 0) is 27.4 Å². The molecule has 0 unspecified atom stereocenters. The van der Waals surface area contributed by atoms with Crippen LogP contribution < -0.4 is 10.6 Å². The third-order valence-electron chi connectivity index (χ3n) is 4.15. The monoisotopic (exact) mass is 400 g/mol. The van der Waals surface area contributed by atoms with Gasteiger partial charge < -0.3 is 25.6 Å². The second-order valence-electron chi connectivity index (χ2n) is 6.51. The Morgan fingerprint density at radius 3 is 2.00 bits per heavy atom. The van der Waals surface area contributed by atoms with Crippen LogP contribution in [-0.4, -0.2) is 46.4 Å². The molecule has 0 aliphatic rings. The van der Waals surface area contributed by atoms with Gasteiger partial charge in [0.1, 0.15) is 18.7 Å². The summed E-state index contributed by atoms with van der Waals surface area (Å²) in [4.78, 5) is 36.0. The van der Waals surface area contributed by atoms with E-state index in [-0.39, 0.29) is 13.0 Å². The molecule has 0 saturated heterocycles.